The van der Waals surface area contributed by atoms with Crippen LogP contribution in [0.2, 0.25) is 0 Å². The summed E-state index contributed by atoms with van der Waals surface area (Å²) in [5, 5.41) is 9.06. The van der Waals surface area contributed by atoms with Crippen molar-refractivity contribution in [2.45, 2.75) is 44.5 Å². The van der Waals surface area contributed by atoms with Gasteiger partial charge in [0.15, 0.2) is 0 Å². The first-order valence-corrected chi connectivity index (χ1v) is 9.84. The van der Waals surface area contributed by atoms with E-state index in [-0.39, 0.29) is 29.7 Å². The van der Waals surface area contributed by atoms with Gasteiger partial charge in [-0.1, -0.05) is 12.1 Å². The second kappa shape index (κ2) is 7.62. The Morgan fingerprint density at radius 1 is 1.29 bits per heavy atom. The van der Waals surface area contributed by atoms with Crippen molar-refractivity contribution < 1.29 is 19.1 Å². The van der Waals surface area contributed by atoms with Crippen molar-refractivity contribution in [2.24, 2.45) is 0 Å². The number of carbonyl (C=O) groups is 3. The molecule has 0 bridgehead atoms. The van der Waals surface area contributed by atoms with E-state index in [9.17, 15) is 14.4 Å². The molecule has 2 saturated heterocycles. The Morgan fingerprint density at radius 2 is 2.11 bits per heavy atom. The summed E-state index contributed by atoms with van der Waals surface area (Å²) >= 11 is 0. The maximum Gasteiger partial charge on any atom is 0.255 e. The molecule has 3 aliphatic rings. The summed E-state index contributed by atoms with van der Waals surface area (Å²) in [6.45, 7) is 6.12. The summed E-state index contributed by atoms with van der Waals surface area (Å²) in [6, 6.07) is 5.12. The van der Waals surface area contributed by atoms with Crippen LogP contribution in [-0.2, 0) is 27.4 Å². The van der Waals surface area contributed by atoms with Crippen LogP contribution in [0.4, 0.5) is 0 Å². The quantitative estimate of drug-likeness (QED) is 0.567. The Hall–Kier alpha value is -2.29. The molecular formula is C20H26N4O4. The van der Waals surface area contributed by atoms with Crippen LogP contribution < -0.4 is 16.0 Å². The largest absolute Gasteiger partial charge is 0.371 e. The number of ether oxygens (including phenoxy) is 1. The lowest BCUT2D eigenvalue weighted by molar-refractivity contribution is -0.136. The average molecular weight is 386 g/mol. The number of benzene rings is 1. The Kier molecular flexibility index (Phi) is 5.18. The first kappa shape index (κ1) is 19.0. The van der Waals surface area contributed by atoms with Gasteiger partial charge in [0.25, 0.3) is 5.91 Å². The van der Waals surface area contributed by atoms with E-state index in [1.165, 1.54) is 0 Å². The van der Waals surface area contributed by atoms with E-state index in [2.05, 4.69) is 16.0 Å². The van der Waals surface area contributed by atoms with E-state index >= 15 is 0 Å². The van der Waals surface area contributed by atoms with Gasteiger partial charge in [0.2, 0.25) is 11.8 Å². The Morgan fingerprint density at radius 3 is 2.79 bits per heavy atom. The fourth-order valence-corrected chi connectivity index (χ4v) is 4.23. The molecule has 0 radical (unpaired) electrons. The number of carbonyl (C=O) groups excluding carboxylic acids is 3. The molecule has 0 saturated carbocycles. The molecule has 1 unspecified atom stereocenters. The highest BCUT2D eigenvalue weighted by Gasteiger charge is 2.40. The molecule has 1 atom stereocenters. The smallest absolute Gasteiger partial charge is 0.255 e. The van der Waals surface area contributed by atoms with E-state index in [4.69, 9.17) is 4.74 Å². The van der Waals surface area contributed by atoms with Crippen LogP contribution in [0.15, 0.2) is 18.2 Å². The molecule has 8 nitrogen and oxygen atoms in total. The third kappa shape index (κ3) is 3.43. The number of imide groups is 1. The fourth-order valence-electron chi connectivity index (χ4n) is 4.23. The van der Waals surface area contributed by atoms with Crippen LogP contribution in [0.25, 0.3) is 0 Å². The monoisotopic (exact) mass is 386 g/mol. The van der Waals surface area contributed by atoms with Gasteiger partial charge in [0, 0.05) is 51.3 Å². The minimum Gasteiger partial charge on any atom is -0.371 e. The van der Waals surface area contributed by atoms with Crippen molar-refractivity contribution in [3.05, 3.63) is 34.9 Å². The summed E-state index contributed by atoms with van der Waals surface area (Å²) in [5.41, 5.74) is 2.51. The fraction of sp³-hybridized carbons (Fsp3) is 0.550. The standard InChI is InChI=1S/C20H26N4O4/c1-2-28-20(11-22-12-20)10-21-8-13-4-3-5-14-15(13)9-24(19(14)27)16-6-7-17(25)23-18(16)26/h3-5,16,21-22H,2,6-12H2,1H3,(H,23,25,26). The second-order valence-corrected chi connectivity index (χ2v) is 7.67. The molecule has 28 heavy (non-hydrogen) atoms. The van der Waals surface area contributed by atoms with Crippen molar-refractivity contribution in [3.8, 4) is 0 Å². The Balaban J connectivity index is 1.44. The summed E-state index contributed by atoms with van der Waals surface area (Å²) in [5.74, 6) is -0.794. The van der Waals surface area contributed by atoms with Gasteiger partial charge in [0.05, 0.1) is 0 Å². The van der Waals surface area contributed by atoms with Crippen LogP contribution >= 0.6 is 0 Å². The zero-order chi connectivity index (χ0) is 19.7. The van der Waals surface area contributed by atoms with Gasteiger partial charge < -0.3 is 20.3 Å². The third-order valence-electron chi connectivity index (χ3n) is 5.79. The highest BCUT2D eigenvalue weighted by Crippen LogP contribution is 2.30. The van der Waals surface area contributed by atoms with E-state index in [1.54, 1.807) is 4.90 Å². The Bertz CT molecular complexity index is 805. The van der Waals surface area contributed by atoms with Gasteiger partial charge in [-0.05, 0) is 30.5 Å². The van der Waals surface area contributed by atoms with Gasteiger partial charge in [-0.3, -0.25) is 19.7 Å². The first-order valence-electron chi connectivity index (χ1n) is 9.84. The summed E-state index contributed by atoms with van der Waals surface area (Å²) in [4.78, 5) is 38.1. The molecule has 150 valence electrons. The zero-order valence-electron chi connectivity index (χ0n) is 16.0. The predicted molar refractivity (Wildman–Crippen MR) is 101 cm³/mol. The number of nitrogens with zero attached hydrogens (tertiary/aromatic N) is 1. The second-order valence-electron chi connectivity index (χ2n) is 7.67. The summed E-state index contributed by atoms with van der Waals surface area (Å²) in [6.07, 6.45) is 0.639. The average Bonchev–Trinajstić information content (AvgIpc) is 2.97. The molecule has 0 aliphatic carbocycles. The predicted octanol–water partition coefficient (Wildman–Crippen LogP) is -0.0843. The van der Waals surface area contributed by atoms with Crippen molar-refractivity contribution in [2.75, 3.05) is 26.2 Å². The Labute approximate surface area is 164 Å². The molecule has 3 heterocycles. The normalized spacial score (nSPS) is 23.4. The van der Waals surface area contributed by atoms with Crippen LogP contribution in [-0.4, -0.2) is 60.5 Å². The highest BCUT2D eigenvalue weighted by molar-refractivity contribution is 6.05. The number of piperidine rings is 1. The van der Waals surface area contributed by atoms with Crippen molar-refractivity contribution in [3.63, 3.8) is 0 Å². The SMILES string of the molecule is CCOC1(CNCc2cccc3c2CN(C2CCC(=O)NC2=O)C3=O)CNC1. The lowest BCUT2D eigenvalue weighted by atomic mass is 9.96. The molecule has 1 aromatic carbocycles. The number of hydrogen-bond acceptors (Lipinski definition) is 6. The maximum atomic E-state index is 12.9. The summed E-state index contributed by atoms with van der Waals surface area (Å²) < 4.78 is 5.87. The summed E-state index contributed by atoms with van der Waals surface area (Å²) in [7, 11) is 0. The van der Waals surface area contributed by atoms with Gasteiger partial charge in [-0.25, -0.2) is 0 Å². The molecular weight excluding hydrogens is 360 g/mol. The van der Waals surface area contributed by atoms with Crippen molar-refractivity contribution in [1.29, 1.82) is 0 Å². The number of fused-ring (bicyclic) bond motifs is 1. The van der Waals surface area contributed by atoms with Gasteiger partial charge >= 0.3 is 0 Å². The van der Waals surface area contributed by atoms with Gasteiger partial charge in [-0.15, -0.1) is 0 Å². The topological polar surface area (TPSA) is 99.8 Å². The molecule has 1 aromatic rings. The maximum absolute atomic E-state index is 12.9. The highest BCUT2D eigenvalue weighted by atomic mass is 16.5. The minimum atomic E-state index is -0.583. The molecule has 3 amide bonds. The molecule has 4 rings (SSSR count). The molecule has 3 aliphatic heterocycles. The molecule has 0 aromatic heterocycles. The molecule has 3 N–H and O–H groups in total. The van der Waals surface area contributed by atoms with E-state index in [0.29, 0.717) is 31.7 Å². The van der Waals surface area contributed by atoms with Crippen molar-refractivity contribution in [1.82, 2.24) is 20.9 Å². The van der Waals surface area contributed by atoms with E-state index in [0.717, 1.165) is 30.8 Å². The minimum absolute atomic E-state index is 0.139. The zero-order valence-corrected chi connectivity index (χ0v) is 16.0. The first-order chi connectivity index (χ1) is 13.5. The van der Waals surface area contributed by atoms with E-state index in [1.807, 2.05) is 25.1 Å². The number of rotatable bonds is 7. The van der Waals surface area contributed by atoms with Crippen LogP contribution in [0, 0.1) is 0 Å². The van der Waals surface area contributed by atoms with Crippen LogP contribution in [0.1, 0.15) is 41.3 Å². The lowest BCUT2D eigenvalue weighted by Crippen LogP contribution is -2.65. The van der Waals surface area contributed by atoms with Gasteiger partial charge in [0.1, 0.15) is 11.6 Å². The molecule has 0 spiro atoms. The number of amides is 3. The van der Waals surface area contributed by atoms with E-state index < -0.39 is 6.04 Å². The number of nitrogens with one attached hydrogen (secondary N) is 3. The molecule has 2 fully saturated rings. The lowest BCUT2D eigenvalue weighted by Gasteiger charge is -2.42. The van der Waals surface area contributed by atoms with Crippen molar-refractivity contribution >= 4 is 17.7 Å². The van der Waals surface area contributed by atoms with Crippen LogP contribution in [0.3, 0.4) is 0 Å². The van der Waals surface area contributed by atoms with Crippen LogP contribution in [0.5, 0.6) is 0 Å². The third-order valence-corrected chi connectivity index (χ3v) is 5.79. The molecule has 8 heteroatoms. The van der Waals surface area contributed by atoms with Gasteiger partial charge in [-0.2, -0.15) is 0 Å². The number of hydrogen-bond donors (Lipinski definition) is 3.